The van der Waals surface area contributed by atoms with Crippen LogP contribution in [0.4, 0.5) is 18.9 Å². The highest BCUT2D eigenvalue weighted by Gasteiger charge is 2.51. The van der Waals surface area contributed by atoms with Gasteiger partial charge in [0.25, 0.3) is 0 Å². The highest BCUT2D eigenvalue weighted by Crippen LogP contribution is 2.46. The molecule has 146 valence electrons. The highest BCUT2D eigenvalue weighted by molar-refractivity contribution is 8.00. The summed E-state index contributed by atoms with van der Waals surface area (Å²) in [6, 6.07) is 14.4. The third-order valence-electron chi connectivity index (χ3n) is 4.84. The van der Waals surface area contributed by atoms with Crippen LogP contribution < -0.4 is 4.31 Å². The van der Waals surface area contributed by atoms with E-state index in [1.807, 2.05) is 26.0 Å². The standard InChI is InChI=1S/C21H24F3NOS/c1-14(2)25(27-19-7-5-4-6-18(19)15-8-9-15)17-12-10-16(11-13-17)20(3,26)21(22,23)24/h4-7,10-15,26H,8-9H2,1-3H3. The van der Waals surface area contributed by atoms with E-state index in [9.17, 15) is 18.3 Å². The summed E-state index contributed by atoms with van der Waals surface area (Å²) in [5.74, 6) is 0.618. The Balaban J connectivity index is 1.86. The normalized spacial score (nSPS) is 17.0. The maximum Gasteiger partial charge on any atom is 0.421 e. The van der Waals surface area contributed by atoms with E-state index >= 15 is 0 Å². The van der Waals surface area contributed by atoms with Crippen LogP contribution in [-0.4, -0.2) is 17.3 Å². The van der Waals surface area contributed by atoms with Crippen LogP contribution in [0.2, 0.25) is 0 Å². The van der Waals surface area contributed by atoms with E-state index in [4.69, 9.17) is 0 Å². The monoisotopic (exact) mass is 395 g/mol. The first-order chi connectivity index (χ1) is 12.6. The van der Waals surface area contributed by atoms with Gasteiger partial charge in [0.2, 0.25) is 0 Å². The molecule has 2 nitrogen and oxygen atoms in total. The lowest BCUT2D eigenvalue weighted by molar-refractivity contribution is -0.258. The van der Waals surface area contributed by atoms with Gasteiger partial charge in [-0.15, -0.1) is 0 Å². The molecule has 0 spiro atoms. The van der Waals surface area contributed by atoms with Crippen LogP contribution in [0, 0.1) is 0 Å². The molecule has 0 aromatic heterocycles. The van der Waals surface area contributed by atoms with Crippen molar-refractivity contribution >= 4 is 17.6 Å². The molecule has 1 fully saturated rings. The minimum atomic E-state index is -4.72. The summed E-state index contributed by atoms with van der Waals surface area (Å²) < 4.78 is 41.3. The van der Waals surface area contributed by atoms with Crippen LogP contribution in [0.25, 0.3) is 0 Å². The van der Waals surface area contributed by atoms with Gasteiger partial charge in [-0.3, -0.25) is 0 Å². The van der Waals surface area contributed by atoms with Gasteiger partial charge in [0.05, 0.1) is 0 Å². The van der Waals surface area contributed by atoms with E-state index in [1.165, 1.54) is 35.4 Å². The number of hydrogen-bond donors (Lipinski definition) is 1. The molecular weight excluding hydrogens is 371 g/mol. The van der Waals surface area contributed by atoms with Crippen molar-refractivity contribution in [3.05, 3.63) is 59.7 Å². The number of halogens is 3. The van der Waals surface area contributed by atoms with Crippen LogP contribution in [0.1, 0.15) is 50.7 Å². The quantitative estimate of drug-likeness (QED) is 0.584. The van der Waals surface area contributed by atoms with E-state index < -0.39 is 11.8 Å². The van der Waals surface area contributed by atoms with Crippen LogP contribution in [0.15, 0.2) is 53.4 Å². The van der Waals surface area contributed by atoms with Gasteiger partial charge in [-0.1, -0.05) is 30.3 Å². The topological polar surface area (TPSA) is 23.5 Å². The van der Waals surface area contributed by atoms with E-state index in [0.717, 1.165) is 12.6 Å². The molecule has 0 radical (unpaired) electrons. The molecule has 0 amide bonds. The molecule has 2 aromatic carbocycles. The third kappa shape index (κ3) is 4.27. The minimum absolute atomic E-state index is 0.149. The molecular formula is C21H24F3NOS. The molecule has 0 saturated heterocycles. The molecule has 1 N–H and O–H groups in total. The third-order valence-corrected chi connectivity index (χ3v) is 6.24. The number of alkyl halides is 3. The average molecular weight is 395 g/mol. The van der Waals surface area contributed by atoms with Gasteiger partial charge in [0.1, 0.15) is 0 Å². The summed E-state index contributed by atoms with van der Waals surface area (Å²) in [7, 11) is 0. The van der Waals surface area contributed by atoms with Crippen LogP contribution >= 0.6 is 11.9 Å². The fourth-order valence-electron chi connectivity index (χ4n) is 2.95. The molecule has 1 atom stereocenters. The zero-order chi connectivity index (χ0) is 19.8. The maximum atomic E-state index is 13.1. The molecule has 0 heterocycles. The Hall–Kier alpha value is -1.66. The van der Waals surface area contributed by atoms with Crippen molar-refractivity contribution in [2.24, 2.45) is 0 Å². The van der Waals surface area contributed by atoms with E-state index in [2.05, 4.69) is 16.4 Å². The minimum Gasteiger partial charge on any atom is -0.376 e. The molecule has 1 aliphatic rings. The second-order valence-corrected chi connectivity index (χ2v) is 8.46. The van der Waals surface area contributed by atoms with Crippen molar-refractivity contribution < 1.29 is 18.3 Å². The number of hydrogen-bond acceptors (Lipinski definition) is 3. The van der Waals surface area contributed by atoms with Crippen molar-refractivity contribution in [1.29, 1.82) is 0 Å². The van der Waals surface area contributed by atoms with Crippen molar-refractivity contribution in [2.45, 2.75) is 62.2 Å². The van der Waals surface area contributed by atoms with Gasteiger partial charge in [-0.25, -0.2) is 0 Å². The van der Waals surface area contributed by atoms with Crippen LogP contribution in [0.3, 0.4) is 0 Å². The average Bonchev–Trinajstić information content (AvgIpc) is 3.44. The second-order valence-electron chi connectivity index (χ2n) is 7.44. The Morgan fingerprint density at radius 3 is 2.15 bits per heavy atom. The van der Waals surface area contributed by atoms with Gasteiger partial charge in [-0.2, -0.15) is 13.2 Å². The van der Waals surface area contributed by atoms with Gasteiger partial charge >= 0.3 is 6.18 Å². The first-order valence-electron chi connectivity index (χ1n) is 9.07. The summed E-state index contributed by atoms with van der Waals surface area (Å²) in [4.78, 5) is 1.18. The first kappa shape index (κ1) is 20.1. The number of anilines is 1. The van der Waals surface area contributed by atoms with Crippen molar-refractivity contribution in [2.75, 3.05) is 4.31 Å². The van der Waals surface area contributed by atoms with Gasteiger partial charge in [0, 0.05) is 16.6 Å². The van der Waals surface area contributed by atoms with E-state index in [-0.39, 0.29) is 11.6 Å². The Labute approximate surface area is 162 Å². The van der Waals surface area contributed by atoms with E-state index in [0.29, 0.717) is 5.92 Å². The SMILES string of the molecule is CC(C)N(Sc1ccccc1C1CC1)c1ccc(C(C)(O)C(F)(F)F)cc1. The smallest absolute Gasteiger partial charge is 0.376 e. The predicted octanol–water partition coefficient (Wildman–Crippen LogP) is 6.26. The summed E-state index contributed by atoms with van der Waals surface area (Å²) >= 11 is 1.61. The van der Waals surface area contributed by atoms with Gasteiger partial charge < -0.3 is 9.41 Å². The molecule has 27 heavy (non-hydrogen) atoms. The molecule has 1 aliphatic carbocycles. The fraction of sp³-hybridized carbons (Fsp3) is 0.429. The lowest BCUT2D eigenvalue weighted by Gasteiger charge is -2.30. The Morgan fingerprint density at radius 2 is 1.63 bits per heavy atom. The van der Waals surface area contributed by atoms with Crippen molar-refractivity contribution in [3.8, 4) is 0 Å². The Bertz CT molecular complexity index is 783. The second kappa shape index (κ2) is 7.40. The van der Waals surface area contributed by atoms with Gasteiger partial charge in [-0.05, 0) is 80.8 Å². The zero-order valence-corrected chi connectivity index (χ0v) is 16.4. The largest absolute Gasteiger partial charge is 0.421 e. The van der Waals surface area contributed by atoms with Crippen molar-refractivity contribution in [3.63, 3.8) is 0 Å². The fourth-order valence-corrected chi connectivity index (χ4v) is 4.08. The Kier molecular flexibility index (Phi) is 5.50. The lowest BCUT2D eigenvalue weighted by atomic mass is 9.95. The maximum absolute atomic E-state index is 13.1. The number of aliphatic hydroxyl groups is 1. The number of nitrogens with zero attached hydrogens (tertiary/aromatic N) is 1. The number of rotatable bonds is 6. The molecule has 3 rings (SSSR count). The first-order valence-corrected chi connectivity index (χ1v) is 9.84. The summed E-state index contributed by atoms with van der Waals surface area (Å²) in [5, 5.41) is 9.86. The Morgan fingerprint density at radius 1 is 1.04 bits per heavy atom. The van der Waals surface area contributed by atoms with E-state index in [1.54, 1.807) is 24.1 Å². The summed E-state index contributed by atoms with van der Waals surface area (Å²) in [5.41, 5.74) is -0.877. The lowest BCUT2D eigenvalue weighted by Crippen LogP contribution is -2.39. The van der Waals surface area contributed by atoms with Crippen LogP contribution in [-0.2, 0) is 5.60 Å². The number of benzene rings is 2. The molecule has 6 heteroatoms. The summed E-state index contributed by atoms with van der Waals surface area (Å²) in [6.45, 7) is 4.88. The van der Waals surface area contributed by atoms with Crippen molar-refractivity contribution in [1.82, 2.24) is 0 Å². The molecule has 0 aliphatic heterocycles. The predicted molar refractivity (Wildman–Crippen MR) is 104 cm³/mol. The highest BCUT2D eigenvalue weighted by atomic mass is 32.2. The molecule has 1 saturated carbocycles. The molecule has 1 unspecified atom stereocenters. The zero-order valence-electron chi connectivity index (χ0n) is 15.6. The molecule has 2 aromatic rings. The van der Waals surface area contributed by atoms with Crippen LogP contribution in [0.5, 0.6) is 0 Å². The molecule has 0 bridgehead atoms. The van der Waals surface area contributed by atoms with Gasteiger partial charge in [0.15, 0.2) is 5.60 Å². The summed E-state index contributed by atoms with van der Waals surface area (Å²) in [6.07, 6.45) is -2.30.